The molecular weight excluding hydrogens is 328 g/mol. The second-order valence-electron chi connectivity index (χ2n) is 5.52. The highest BCUT2D eigenvalue weighted by atomic mass is 16.5. The van der Waals surface area contributed by atoms with Crippen LogP contribution in [0.1, 0.15) is 21.5 Å². The number of esters is 1. The number of hydrogen-bond donors (Lipinski definition) is 0. The van der Waals surface area contributed by atoms with Crippen LogP contribution >= 0.6 is 0 Å². The molecule has 0 N–H and O–H groups in total. The summed E-state index contributed by atoms with van der Waals surface area (Å²) in [6.45, 7) is 0.158. The summed E-state index contributed by atoms with van der Waals surface area (Å²) >= 11 is 0. The molecule has 0 saturated carbocycles. The number of hydrogen-bond acceptors (Lipinski definition) is 5. The number of benzene rings is 2. The van der Waals surface area contributed by atoms with Crippen LogP contribution in [-0.2, 0) is 11.3 Å². The Hall–Kier alpha value is -3.65. The Bertz CT molecular complexity index is 942. The van der Waals surface area contributed by atoms with Crippen LogP contribution in [0.3, 0.4) is 0 Å². The number of nitriles is 1. The van der Waals surface area contributed by atoms with Crippen LogP contribution in [0.25, 0.3) is 11.1 Å². The number of ether oxygens (including phenoxy) is 2. The van der Waals surface area contributed by atoms with Gasteiger partial charge in [0.2, 0.25) is 5.88 Å². The summed E-state index contributed by atoms with van der Waals surface area (Å²) < 4.78 is 10.3. The summed E-state index contributed by atoms with van der Waals surface area (Å²) in [4.78, 5) is 16.0. The van der Waals surface area contributed by atoms with Gasteiger partial charge in [-0.2, -0.15) is 5.26 Å². The third kappa shape index (κ3) is 3.87. The van der Waals surface area contributed by atoms with Crippen molar-refractivity contribution in [2.24, 2.45) is 0 Å². The van der Waals surface area contributed by atoms with Crippen molar-refractivity contribution in [3.8, 4) is 23.1 Å². The number of rotatable bonds is 5. The second-order valence-corrected chi connectivity index (χ2v) is 5.52. The third-order valence-electron chi connectivity index (χ3n) is 3.86. The molecule has 5 nitrogen and oxygen atoms in total. The summed E-state index contributed by atoms with van der Waals surface area (Å²) in [5.74, 6) is -0.00570. The molecule has 0 fully saturated rings. The Morgan fingerprint density at radius 3 is 2.50 bits per heavy atom. The van der Waals surface area contributed by atoms with Gasteiger partial charge < -0.3 is 9.47 Å². The fraction of sp³-hybridized carbons (Fsp3) is 0.0952. The zero-order valence-corrected chi connectivity index (χ0v) is 14.2. The van der Waals surface area contributed by atoms with Crippen molar-refractivity contribution in [2.75, 3.05) is 7.11 Å². The van der Waals surface area contributed by atoms with E-state index >= 15 is 0 Å². The van der Waals surface area contributed by atoms with E-state index in [0.29, 0.717) is 17.0 Å². The van der Waals surface area contributed by atoms with Gasteiger partial charge in [0.1, 0.15) is 6.61 Å². The molecule has 5 heteroatoms. The molecule has 0 radical (unpaired) electrons. The van der Waals surface area contributed by atoms with E-state index in [1.54, 1.807) is 18.2 Å². The summed E-state index contributed by atoms with van der Waals surface area (Å²) in [6, 6.07) is 20.4. The number of carbonyl (C=O) groups excluding carboxylic acids is 1. The molecule has 3 aromatic rings. The smallest absolute Gasteiger partial charge is 0.340 e. The summed E-state index contributed by atoms with van der Waals surface area (Å²) in [7, 11) is 1.51. The lowest BCUT2D eigenvalue weighted by Gasteiger charge is -2.07. The summed E-state index contributed by atoms with van der Waals surface area (Å²) in [6.07, 6.45) is 1.42. The molecule has 0 spiro atoms. The van der Waals surface area contributed by atoms with Gasteiger partial charge in [-0.05, 0) is 28.8 Å². The first kappa shape index (κ1) is 17.2. The highest BCUT2D eigenvalue weighted by Gasteiger charge is 2.09. The van der Waals surface area contributed by atoms with Crippen LogP contribution in [0.2, 0.25) is 0 Å². The molecule has 3 rings (SSSR count). The fourth-order valence-corrected chi connectivity index (χ4v) is 2.47. The molecule has 0 unspecified atom stereocenters. The van der Waals surface area contributed by atoms with E-state index in [0.717, 1.165) is 16.7 Å². The minimum absolute atomic E-state index is 0.158. The van der Waals surface area contributed by atoms with Crippen LogP contribution in [0, 0.1) is 11.3 Å². The van der Waals surface area contributed by atoms with Gasteiger partial charge in [-0.15, -0.1) is 0 Å². The van der Waals surface area contributed by atoms with E-state index in [2.05, 4.69) is 11.1 Å². The van der Waals surface area contributed by atoms with Crippen LogP contribution in [0.15, 0.2) is 66.9 Å². The second kappa shape index (κ2) is 7.95. The molecule has 26 heavy (non-hydrogen) atoms. The first-order chi connectivity index (χ1) is 12.7. The summed E-state index contributed by atoms with van der Waals surface area (Å²) in [5.41, 5.74) is 3.67. The van der Waals surface area contributed by atoms with Gasteiger partial charge in [-0.1, -0.05) is 42.5 Å². The maximum Gasteiger partial charge on any atom is 0.340 e. The lowest BCUT2D eigenvalue weighted by Crippen LogP contribution is -2.05. The van der Waals surface area contributed by atoms with Crippen molar-refractivity contribution in [3.63, 3.8) is 0 Å². The minimum Gasteiger partial charge on any atom is -0.481 e. The van der Waals surface area contributed by atoms with Crippen LogP contribution in [0.5, 0.6) is 5.88 Å². The average Bonchev–Trinajstić information content (AvgIpc) is 2.72. The van der Waals surface area contributed by atoms with Gasteiger partial charge in [0, 0.05) is 12.3 Å². The first-order valence-corrected chi connectivity index (χ1v) is 7.97. The molecular formula is C21H16N2O3. The van der Waals surface area contributed by atoms with Crippen LogP contribution in [0.4, 0.5) is 0 Å². The zero-order chi connectivity index (χ0) is 18.4. The van der Waals surface area contributed by atoms with E-state index in [-0.39, 0.29) is 6.61 Å². The number of aromatic nitrogens is 1. The number of carbonyl (C=O) groups is 1. The molecule has 0 aliphatic rings. The quantitative estimate of drug-likeness (QED) is 0.655. The normalized spacial score (nSPS) is 10.0. The molecule has 0 saturated heterocycles. The van der Waals surface area contributed by atoms with Gasteiger partial charge in [-0.3, -0.25) is 0 Å². The molecule has 0 amide bonds. The van der Waals surface area contributed by atoms with Crippen molar-refractivity contribution in [1.29, 1.82) is 5.26 Å². The lowest BCUT2D eigenvalue weighted by atomic mass is 9.99. The van der Waals surface area contributed by atoms with Crippen molar-refractivity contribution < 1.29 is 14.3 Å². The monoisotopic (exact) mass is 344 g/mol. The van der Waals surface area contributed by atoms with Gasteiger partial charge in [-0.25, -0.2) is 9.78 Å². The highest BCUT2D eigenvalue weighted by molar-refractivity contribution is 5.89. The predicted molar refractivity (Wildman–Crippen MR) is 96.5 cm³/mol. The fourth-order valence-electron chi connectivity index (χ4n) is 2.47. The number of nitrogens with zero attached hydrogens (tertiary/aromatic N) is 2. The number of pyridine rings is 1. The van der Waals surface area contributed by atoms with Crippen molar-refractivity contribution in [3.05, 3.63) is 83.6 Å². The van der Waals surface area contributed by atoms with Gasteiger partial charge in [0.25, 0.3) is 0 Å². The maximum absolute atomic E-state index is 12.1. The van der Waals surface area contributed by atoms with Crippen LogP contribution in [-0.4, -0.2) is 18.1 Å². The van der Waals surface area contributed by atoms with Crippen molar-refractivity contribution >= 4 is 5.97 Å². The molecule has 2 aromatic carbocycles. The van der Waals surface area contributed by atoms with Gasteiger partial charge >= 0.3 is 5.97 Å². The minimum atomic E-state index is -0.445. The first-order valence-electron chi connectivity index (χ1n) is 7.97. The Kier molecular flexibility index (Phi) is 5.25. The molecule has 0 aliphatic heterocycles. The predicted octanol–water partition coefficient (Wildman–Crippen LogP) is 3.99. The number of methoxy groups -OCH3 is 1. The Morgan fingerprint density at radius 1 is 1.08 bits per heavy atom. The van der Waals surface area contributed by atoms with Gasteiger partial charge in [0.15, 0.2) is 0 Å². The Morgan fingerprint density at radius 2 is 1.85 bits per heavy atom. The molecule has 0 bridgehead atoms. The van der Waals surface area contributed by atoms with E-state index in [4.69, 9.17) is 9.47 Å². The Balaban J connectivity index is 1.66. The molecule has 128 valence electrons. The van der Waals surface area contributed by atoms with E-state index in [1.807, 2.05) is 42.5 Å². The third-order valence-corrected chi connectivity index (χ3v) is 3.86. The topological polar surface area (TPSA) is 72.2 Å². The molecule has 0 atom stereocenters. The van der Waals surface area contributed by atoms with Crippen LogP contribution < -0.4 is 4.74 Å². The molecule has 1 aromatic heterocycles. The maximum atomic E-state index is 12.1. The van der Waals surface area contributed by atoms with E-state index in [1.165, 1.54) is 13.3 Å². The lowest BCUT2D eigenvalue weighted by molar-refractivity contribution is 0.0472. The van der Waals surface area contributed by atoms with E-state index < -0.39 is 5.97 Å². The van der Waals surface area contributed by atoms with E-state index in [9.17, 15) is 10.1 Å². The van der Waals surface area contributed by atoms with Crippen molar-refractivity contribution in [2.45, 2.75) is 6.61 Å². The Labute approximate surface area is 151 Å². The highest BCUT2D eigenvalue weighted by Crippen LogP contribution is 2.23. The standard InChI is InChI=1S/C21H16N2O3/c1-25-20-11-10-18(13-23-20)21(24)26-14-15-6-8-16(9-7-15)19-5-3-2-4-17(19)12-22/h2-11,13H,14H2,1H3. The largest absolute Gasteiger partial charge is 0.481 e. The van der Waals surface area contributed by atoms with Crippen molar-refractivity contribution in [1.82, 2.24) is 4.98 Å². The average molecular weight is 344 g/mol. The zero-order valence-electron chi connectivity index (χ0n) is 14.2. The van der Waals surface area contributed by atoms with Gasteiger partial charge in [0.05, 0.1) is 24.3 Å². The SMILES string of the molecule is COc1ccc(C(=O)OCc2ccc(-c3ccccc3C#N)cc2)cn1. The molecule has 1 heterocycles. The molecule has 0 aliphatic carbocycles. The summed E-state index contributed by atoms with van der Waals surface area (Å²) in [5, 5.41) is 9.20.